The molecule has 138 valence electrons. The topological polar surface area (TPSA) is 25.2 Å². The zero-order chi connectivity index (χ0) is 19.8. The Morgan fingerprint density at radius 3 is 1.66 bits per heavy atom. The van der Waals surface area contributed by atoms with Crippen LogP contribution in [0, 0.1) is 12.3 Å². The van der Waals surface area contributed by atoms with E-state index in [1.54, 1.807) is 0 Å². The second-order valence-electron chi connectivity index (χ2n) is 7.14. The molecule has 0 radical (unpaired) electrons. The van der Waals surface area contributed by atoms with Crippen molar-refractivity contribution in [2.45, 2.75) is 5.60 Å². The fourth-order valence-corrected chi connectivity index (χ4v) is 4.07. The third-order valence-electron chi connectivity index (χ3n) is 5.52. The molecule has 1 heterocycles. The number of fused-ring (bicyclic) bond motifs is 3. The van der Waals surface area contributed by atoms with Crippen LogP contribution in [0.4, 0.5) is 0 Å². The van der Waals surface area contributed by atoms with Crippen molar-refractivity contribution >= 4 is 21.8 Å². The van der Waals surface area contributed by atoms with E-state index >= 15 is 0 Å². The van der Waals surface area contributed by atoms with Gasteiger partial charge in [0.25, 0.3) is 0 Å². The minimum atomic E-state index is -1.46. The quantitative estimate of drug-likeness (QED) is 0.406. The largest absolute Gasteiger partial charge is 0.369 e. The average molecular weight is 373 g/mol. The second-order valence-corrected chi connectivity index (χ2v) is 7.14. The molecular weight excluding hydrogens is 354 g/mol. The Morgan fingerprint density at radius 2 is 1.10 bits per heavy atom. The van der Waals surface area contributed by atoms with Gasteiger partial charge in [0.1, 0.15) is 0 Å². The van der Waals surface area contributed by atoms with E-state index in [1.165, 1.54) is 10.8 Å². The lowest BCUT2D eigenvalue weighted by molar-refractivity contribution is 0.145. The molecule has 0 saturated heterocycles. The SMILES string of the molecule is C#CC(O)(c1ccccc1)c1ccc(-n2c3ccccc3c3ccccc32)cc1. The van der Waals surface area contributed by atoms with Gasteiger partial charge in [-0.25, -0.2) is 0 Å². The summed E-state index contributed by atoms with van der Waals surface area (Å²) in [7, 11) is 0. The zero-order valence-corrected chi connectivity index (χ0v) is 15.8. The summed E-state index contributed by atoms with van der Waals surface area (Å²) in [6.07, 6.45) is 5.75. The minimum Gasteiger partial charge on any atom is -0.369 e. The number of aliphatic hydroxyl groups is 1. The molecule has 0 aliphatic heterocycles. The Hall–Kier alpha value is -3.80. The van der Waals surface area contributed by atoms with Crippen LogP contribution in [0.2, 0.25) is 0 Å². The van der Waals surface area contributed by atoms with Crippen LogP contribution in [-0.2, 0) is 5.60 Å². The Morgan fingerprint density at radius 1 is 0.621 bits per heavy atom. The first-order valence-electron chi connectivity index (χ1n) is 9.57. The molecule has 1 unspecified atom stereocenters. The van der Waals surface area contributed by atoms with Gasteiger partial charge in [0.2, 0.25) is 0 Å². The van der Waals surface area contributed by atoms with Crippen LogP contribution in [0.1, 0.15) is 11.1 Å². The van der Waals surface area contributed by atoms with Gasteiger partial charge in [-0.3, -0.25) is 0 Å². The van der Waals surface area contributed by atoms with Crippen molar-refractivity contribution in [3.05, 3.63) is 114 Å². The molecule has 0 spiro atoms. The highest BCUT2D eigenvalue weighted by atomic mass is 16.3. The van der Waals surface area contributed by atoms with E-state index < -0.39 is 5.60 Å². The van der Waals surface area contributed by atoms with Gasteiger partial charge in [-0.15, -0.1) is 6.42 Å². The molecule has 4 aromatic carbocycles. The van der Waals surface area contributed by atoms with Crippen molar-refractivity contribution in [1.29, 1.82) is 0 Å². The summed E-state index contributed by atoms with van der Waals surface area (Å²) >= 11 is 0. The van der Waals surface area contributed by atoms with E-state index in [9.17, 15) is 5.11 Å². The number of benzene rings is 4. The van der Waals surface area contributed by atoms with Crippen LogP contribution in [0.25, 0.3) is 27.5 Å². The van der Waals surface area contributed by atoms with Crippen LogP contribution in [0.5, 0.6) is 0 Å². The summed E-state index contributed by atoms with van der Waals surface area (Å²) in [6.45, 7) is 0. The van der Waals surface area contributed by atoms with Crippen LogP contribution in [-0.4, -0.2) is 9.67 Å². The number of rotatable bonds is 3. The molecule has 1 aromatic heterocycles. The summed E-state index contributed by atoms with van der Waals surface area (Å²) in [5.74, 6) is 2.57. The summed E-state index contributed by atoms with van der Waals surface area (Å²) in [6, 6.07) is 34.0. The Kier molecular flexibility index (Phi) is 3.98. The van der Waals surface area contributed by atoms with Gasteiger partial charge in [0.05, 0.1) is 11.0 Å². The van der Waals surface area contributed by atoms with Crippen LogP contribution < -0.4 is 0 Å². The number of aromatic nitrogens is 1. The van der Waals surface area contributed by atoms with Gasteiger partial charge in [0.15, 0.2) is 5.60 Å². The molecule has 1 atom stereocenters. The van der Waals surface area contributed by atoms with Crippen LogP contribution in [0.3, 0.4) is 0 Å². The normalized spacial score (nSPS) is 13.2. The molecule has 0 amide bonds. The molecular formula is C27H19NO. The van der Waals surface area contributed by atoms with E-state index in [2.05, 4.69) is 59.0 Å². The van der Waals surface area contributed by atoms with E-state index in [0.29, 0.717) is 11.1 Å². The first-order chi connectivity index (χ1) is 14.2. The maximum Gasteiger partial charge on any atom is 0.176 e. The molecule has 29 heavy (non-hydrogen) atoms. The van der Waals surface area contributed by atoms with Gasteiger partial charge in [0, 0.05) is 27.6 Å². The third-order valence-corrected chi connectivity index (χ3v) is 5.52. The highest BCUT2D eigenvalue weighted by Crippen LogP contribution is 2.33. The van der Waals surface area contributed by atoms with Crippen molar-refractivity contribution in [3.8, 4) is 18.0 Å². The second kappa shape index (κ2) is 6.67. The lowest BCUT2D eigenvalue weighted by atomic mass is 9.87. The number of hydrogen-bond acceptors (Lipinski definition) is 1. The number of nitrogens with zero attached hydrogens (tertiary/aromatic N) is 1. The van der Waals surface area contributed by atoms with Gasteiger partial charge >= 0.3 is 0 Å². The van der Waals surface area contributed by atoms with Crippen LogP contribution >= 0.6 is 0 Å². The first-order valence-corrected chi connectivity index (χ1v) is 9.57. The smallest absolute Gasteiger partial charge is 0.176 e. The Labute approximate surface area is 169 Å². The summed E-state index contributed by atoms with van der Waals surface area (Å²) in [5.41, 5.74) is 3.23. The molecule has 0 aliphatic carbocycles. The van der Waals surface area contributed by atoms with Crippen molar-refractivity contribution in [1.82, 2.24) is 4.57 Å². The molecule has 0 saturated carbocycles. The number of hydrogen-bond donors (Lipinski definition) is 1. The van der Waals surface area contributed by atoms with Gasteiger partial charge in [-0.2, -0.15) is 0 Å². The monoisotopic (exact) mass is 373 g/mol. The molecule has 2 nitrogen and oxygen atoms in total. The fourth-order valence-electron chi connectivity index (χ4n) is 4.07. The molecule has 5 rings (SSSR count). The molecule has 1 N–H and O–H groups in total. The predicted molar refractivity (Wildman–Crippen MR) is 119 cm³/mol. The Balaban J connectivity index is 1.68. The predicted octanol–water partition coefficient (Wildman–Crippen LogP) is 5.65. The highest BCUT2D eigenvalue weighted by Gasteiger charge is 2.29. The summed E-state index contributed by atoms with van der Waals surface area (Å²) < 4.78 is 2.24. The van der Waals surface area contributed by atoms with Crippen molar-refractivity contribution in [3.63, 3.8) is 0 Å². The summed E-state index contributed by atoms with van der Waals surface area (Å²) in [5, 5.41) is 13.6. The van der Waals surface area contributed by atoms with Crippen molar-refractivity contribution in [2.75, 3.05) is 0 Å². The van der Waals surface area contributed by atoms with Crippen molar-refractivity contribution in [2.24, 2.45) is 0 Å². The van der Waals surface area contributed by atoms with E-state index in [4.69, 9.17) is 6.42 Å². The summed E-state index contributed by atoms with van der Waals surface area (Å²) in [4.78, 5) is 0. The first kappa shape index (κ1) is 17.3. The fraction of sp³-hybridized carbons (Fsp3) is 0.0370. The molecule has 5 aromatic rings. The molecule has 2 heteroatoms. The van der Waals surface area contributed by atoms with Crippen LogP contribution in [0.15, 0.2) is 103 Å². The highest BCUT2D eigenvalue weighted by molar-refractivity contribution is 6.09. The molecule has 0 fully saturated rings. The van der Waals surface area contributed by atoms with Gasteiger partial charge < -0.3 is 9.67 Å². The number of terminal acetylenes is 1. The van der Waals surface area contributed by atoms with Gasteiger partial charge in [-0.1, -0.05) is 84.8 Å². The molecule has 0 aliphatic rings. The van der Waals surface area contributed by atoms with E-state index in [1.807, 2.05) is 54.6 Å². The average Bonchev–Trinajstić information content (AvgIpc) is 3.14. The maximum absolute atomic E-state index is 11.2. The standard InChI is InChI=1S/C27H19NO/c1-2-27(29,20-10-4-3-5-11-20)21-16-18-22(19-17-21)28-25-14-8-6-12-23(25)24-13-7-9-15-26(24)28/h1,3-19,29H. The maximum atomic E-state index is 11.2. The molecule has 0 bridgehead atoms. The van der Waals surface area contributed by atoms with E-state index in [-0.39, 0.29) is 0 Å². The Bertz CT molecular complexity index is 1300. The van der Waals surface area contributed by atoms with Crippen molar-refractivity contribution < 1.29 is 5.11 Å². The minimum absolute atomic E-state index is 0.677. The van der Waals surface area contributed by atoms with E-state index in [0.717, 1.165) is 16.7 Å². The van der Waals surface area contributed by atoms with Gasteiger partial charge in [-0.05, 0) is 24.3 Å². The lowest BCUT2D eigenvalue weighted by Gasteiger charge is -2.23. The number of para-hydroxylation sites is 2. The zero-order valence-electron chi connectivity index (χ0n) is 15.8. The third kappa shape index (κ3) is 2.64. The lowest BCUT2D eigenvalue weighted by Crippen LogP contribution is -2.24.